The molecule has 3 N–H and O–H groups in total. The van der Waals surface area contributed by atoms with Crippen molar-refractivity contribution in [2.45, 2.75) is 38.3 Å². The Bertz CT molecular complexity index is 257. The van der Waals surface area contributed by atoms with E-state index in [0.29, 0.717) is 24.8 Å². The molecule has 2 fully saturated rings. The summed E-state index contributed by atoms with van der Waals surface area (Å²) in [5, 5.41) is 9.73. The van der Waals surface area contributed by atoms with E-state index in [4.69, 9.17) is 5.73 Å². The molecule has 4 unspecified atom stereocenters. The van der Waals surface area contributed by atoms with Crippen LogP contribution in [0.2, 0.25) is 0 Å². The van der Waals surface area contributed by atoms with Crippen molar-refractivity contribution in [3.05, 3.63) is 0 Å². The smallest absolute Gasteiger partial charge is 0.239 e. The molecule has 0 aromatic carbocycles. The van der Waals surface area contributed by atoms with Crippen LogP contribution in [0.4, 0.5) is 0 Å². The van der Waals surface area contributed by atoms with Gasteiger partial charge in [-0.25, -0.2) is 0 Å². The summed E-state index contributed by atoms with van der Waals surface area (Å²) in [6.45, 7) is 3.43. The Morgan fingerprint density at radius 1 is 1.53 bits per heavy atom. The zero-order valence-corrected chi connectivity index (χ0v) is 9.22. The fraction of sp³-hybridized carbons (Fsp3) is 0.909. The topological polar surface area (TPSA) is 66.6 Å². The third-order valence-corrected chi connectivity index (χ3v) is 3.89. The van der Waals surface area contributed by atoms with E-state index in [1.54, 1.807) is 0 Å². The van der Waals surface area contributed by atoms with Gasteiger partial charge in [0.15, 0.2) is 0 Å². The Kier molecular flexibility index (Phi) is 2.98. The van der Waals surface area contributed by atoms with Crippen molar-refractivity contribution >= 4 is 5.91 Å². The average molecular weight is 212 g/mol. The molecule has 15 heavy (non-hydrogen) atoms. The molecule has 4 heteroatoms. The molecule has 1 aliphatic heterocycles. The van der Waals surface area contributed by atoms with Gasteiger partial charge in [0.25, 0.3) is 0 Å². The van der Waals surface area contributed by atoms with Crippen molar-refractivity contribution < 1.29 is 9.90 Å². The molecule has 1 saturated heterocycles. The van der Waals surface area contributed by atoms with Crippen molar-refractivity contribution in [2.24, 2.45) is 17.6 Å². The second-order valence-electron chi connectivity index (χ2n) is 4.83. The highest BCUT2D eigenvalue weighted by Crippen LogP contribution is 2.38. The highest BCUT2D eigenvalue weighted by atomic mass is 16.3. The van der Waals surface area contributed by atoms with E-state index in [9.17, 15) is 9.90 Å². The van der Waals surface area contributed by atoms with Crippen LogP contribution < -0.4 is 5.73 Å². The van der Waals surface area contributed by atoms with Gasteiger partial charge in [-0.3, -0.25) is 4.79 Å². The van der Waals surface area contributed by atoms with E-state index in [1.807, 2.05) is 11.8 Å². The van der Waals surface area contributed by atoms with E-state index in [0.717, 1.165) is 19.4 Å². The summed E-state index contributed by atoms with van der Waals surface area (Å²) in [5.41, 5.74) is 5.73. The first-order chi connectivity index (χ1) is 7.13. The third-order valence-electron chi connectivity index (χ3n) is 3.89. The average Bonchev–Trinajstić information content (AvgIpc) is 2.79. The second kappa shape index (κ2) is 4.10. The summed E-state index contributed by atoms with van der Waals surface area (Å²) >= 11 is 0. The predicted molar refractivity (Wildman–Crippen MR) is 57.1 cm³/mol. The van der Waals surface area contributed by atoms with E-state index in [2.05, 4.69) is 0 Å². The molecule has 2 rings (SSSR count). The maximum Gasteiger partial charge on any atom is 0.239 e. The maximum absolute atomic E-state index is 11.8. The number of likely N-dealkylation sites (tertiary alicyclic amines) is 1. The van der Waals surface area contributed by atoms with Gasteiger partial charge < -0.3 is 15.7 Å². The van der Waals surface area contributed by atoms with Gasteiger partial charge in [-0.1, -0.05) is 6.92 Å². The van der Waals surface area contributed by atoms with Crippen molar-refractivity contribution in [1.82, 2.24) is 4.90 Å². The molecule has 2 aliphatic rings. The van der Waals surface area contributed by atoms with Gasteiger partial charge in [0, 0.05) is 19.0 Å². The summed E-state index contributed by atoms with van der Waals surface area (Å²) in [6, 6.07) is -0.360. The maximum atomic E-state index is 11.8. The number of hydrogen-bond acceptors (Lipinski definition) is 3. The molecular weight excluding hydrogens is 192 g/mol. The van der Waals surface area contributed by atoms with Gasteiger partial charge in [0.05, 0.1) is 12.1 Å². The van der Waals surface area contributed by atoms with Gasteiger partial charge in [-0.05, 0) is 25.2 Å². The highest BCUT2D eigenvalue weighted by molar-refractivity contribution is 5.81. The predicted octanol–water partition coefficient (Wildman–Crippen LogP) is -0.0470. The van der Waals surface area contributed by atoms with Crippen LogP contribution >= 0.6 is 0 Å². The second-order valence-corrected chi connectivity index (χ2v) is 4.83. The van der Waals surface area contributed by atoms with Crippen LogP contribution in [0.3, 0.4) is 0 Å². The Hall–Kier alpha value is -0.610. The van der Waals surface area contributed by atoms with Crippen molar-refractivity contribution in [3.63, 3.8) is 0 Å². The lowest BCUT2D eigenvalue weighted by molar-refractivity contribution is -0.132. The Morgan fingerprint density at radius 3 is 2.87 bits per heavy atom. The standard InChI is InChI=1S/C11H20N2O2/c1-2-9(12)11(15)13-5-7-3-4-10(14)8(7)6-13/h7-10,14H,2-6,12H2,1H3. The van der Waals surface area contributed by atoms with E-state index in [1.165, 1.54) is 0 Å². The van der Waals surface area contributed by atoms with Crippen molar-refractivity contribution in [3.8, 4) is 0 Å². The Balaban J connectivity index is 1.96. The fourth-order valence-electron chi connectivity index (χ4n) is 2.83. The van der Waals surface area contributed by atoms with Crippen molar-refractivity contribution in [2.75, 3.05) is 13.1 Å². The number of aliphatic hydroxyl groups is 1. The van der Waals surface area contributed by atoms with Gasteiger partial charge in [0.2, 0.25) is 5.91 Å². The van der Waals surface area contributed by atoms with Crippen LogP contribution in [0.5, 0.6) is 0 Å². The quantitative estimate of drug-likeness (QED) is 0.674. The number of carbonyl (C=O) groups is 1. The van der Waals surface area contributed by atoms with Crippen LogP contribution in [0, 0.1) is 11.8 Å². The first kappa shape index (κ1) is 10.9. The minimum absolute atomic E-state index is 0.0547. The van der Waals surface area contributed by atoms with Crippen LogP contribution in [0.1, 0.15) is 26.2 Å². The van der Waals surface area contributed by atoms with Crippen LogP contribution in [-0.2, 0) is 4.79 Å². The van der Waals surface area contributed by atoms with Crippen LogP contribution in [-0.4, -0.2) is 41.1 Å². The van der Waals surface area contributed by atoms with E-state index >= 15 is 0 Å². The third kappa shape index (κ3) is 1.88. The van der Waals surface area contributed by atoms with Gasteiger partial charge >= 0.3 is 0 Å². The molecule has 1 heterocycles. The lowest BCUT2D eigenvalue weighted by atomic mass is 10.00. The molecule has 4 atom stereocenters. The van der Waals surface area contributed by atoms with Gasteiger partial charge in [0.1, 0.15) is 0 Å². The zero-order valence-electron chi connectivity index (χ0n) is 9.22. The zero-order chi connectivity index (χ0) is 11.0. The van der Waals surface area contributed by atoms with Crippen LogP contribution in [0.25, 0.3) is 0 Å². The molecule has 0 aromatic rings. The van der Waals surface area contributed by atoms with E-state index in [-0.39, 0.29) is 18.1 Å². The summed E-state index contributed by atoms with van der Waals surface area (Å²) in [5.74, 6) is 0.866. The Morgan fingerprint density at radius 2 is 2.27 bits per heavy atom. The van der Waals surface area contributed by atoms with Crippen molar-refractivity contribution in [1.29, 1.82) is 0 Å². The number of carbonyl (C=O) groups excluding carboxylic acids is 1. The molecule has 1 saturated carbocycles. The first-order valence-corrected chi connectivity index (χ1v) is 5.86. The fourth-order valence-corrected chi connectivity index (χ4v) is 2.83. The number of rotatable bonds is 2. The molecule has 0 aromatic heterocycles. The normalized spacial score (nSPS) is 36.7. The number of aliphatic hydroxyl groups excluding tert-OH is 1. The summed E-state index contributed by atoms with van der Waals surface area (Å²) < 4.78 is 0. The summed E-state index contributed by atoms with van der Waals surface area (Å²) in [4.78, 5) is 13.7. The first-order valence-electron chi connectivity index (χ1n) is 5.86. The molecule has 1 amide bonds. The number of fused-ring (bicyclic) bond motifs is 1. The largest absolute Gasteiger partial charge is 0.393 e. The number of hydrogen-bond donors (Lipinski definition) is 2. The van der Waals surface area contributed by atoms with Gasteiger partial charge in [-0.2, -0.15) is 0 Å². The monoisotopic (exact) mass is 212 g/mol. The Labute approximate surface area is 90.4 Å². The van der Waals surface area contributed by atoms with Crippen LogP contribution in [0.15, 0.2) is 0 Å². The minimum Gasteiger partial charge on any atom is -0.393 e. The molecule has 86 valence electrons. The summed E-state index contributed by atoms with van der Waals surface area (Å²) in [6.07, 6.45) is 2.44. The highest BCUT2D eigenvalue weighted by Gasteiger charge is 2.43. The summed E-state index contributed by atoms with van der Waals surface area (Å²) in [7, 11) is 0. The molecule has 0 bridgehead atoms. The number of amides is 1. The van der Waals surface area contributed by atoms with E-state index < -0.39 is 0 Å². The molecule has 0 radical (unpaired) electrons. The molecule has 4 nitrogen and oxygen atoms in total. The molecular formula is C11H20N2O2. The minimum atomic E-state index is -0.360. The lowest BCUT2D eigenvalue weighted by Gasteiger charge is -2.21. The number of nitrogens with two attached hydrogens (primary N) is 1. The van der Waals surface area contributed by atoms with Gasteiger partial charge in [-0.15, -0.1) is 0 Å². The molecule has 1 aliphatic carbocycles. The molecule has 0 spiro atoms. The SMILES string of the molecule is CCC(N)C(=O)N1CC2CCC(O)C2C1. The number of nitrogens with zero attached hydrogens (tertiary/aromatic N) is 1. The lowest BCUT2D eigenvalue weighted by Crippen LogP contribution is -2.43.